The molecule has 3 rings (SSSR count). The highest BCUT2D eigenvalue weighted by molar-refractivity contribution is 6.30. The lowest BCUT2D eigenvalue weighted by molar-refractivity contribution is 0.142. The Kier molecular flexibility index (Phi) is 6.07. The number of hydrogen-bond acceptors (Lipinski definition) is 3. The Morgan fingerprint density at radius 2 is 2.00 bits per heavy atom. The van der Waals surface area contributed by atoms with Crippen molar-refractivity contribution in [1.82, 2.24) is 15.1 Å². The summed E-state index contributed by atoms with van der Waals surface area (Å²) in [5.41, 5.74) is 2.47. The Balaban J connectivity index is 1.46. The third-order valence-electron chi connectivity index (χ3n) is 5.45. The van der Waals surface area contributed by atoms with Gasteiger partial charge in [0, 0.05) is 56.5 Å². The third kappa shape index (κ3) is 4.59. The van der Waals surface area contributed by atoms with Gasteiger partial charge in [-0.25, -0.2) is 4.79 Å². The Morgan fingerprint density at radius 3 is 2.72 bits per heavy atom. The van der Waals surface area contributed by atoms with E-state index in [4.69, 9.17) is 11.6 Å². The molecule has 2 heterocycles. The molecule has 138 valence electrons. The quantitative estimate of drug-likeness (QED) is 0.892. The molecule has 1 unspecified atom stereocenters. The first kappa shape index (κ1) is 18.3. The molecule has 2 saturated heterocycles. The van der Waals surface area contributed by atoms with Gasteiger partial charge in [0.15, 0.2) is 0 Å². The zero-order valence-electron chi connectivity index (χ0n) is 15.3. The predicted octanol–water partition coefficient (Wildman–Crippen LogP) is 2.82. The average Bonchev–Trinajstić information content (AvgIpc) is 3.10. The fourth-order valence-corrected chi connectivity index (χ4v) is 3.92. The Labute approximate surface area is 155 Å². The van der Waals surface area contributed by atoms with Crippen molar-refractivity contribution < 1.29 is 4.79 Å². The molecule has 5 nitrogen and oxygen atoms in total. The molecule has 1 N–H and O–H groups in total. The van der Waals surface area contributed by atoms with Gasteiger partial charge in [0.05, 0.1) is 0 Å². The number of aryl methyl sites for hydroxylation is 1. The fraction of sp³-hybridized carbons (Fsp3) is 0.632. The number of nitrogens with one attached hydrogen (secondary N) is 1. The number of hydrogen-bond donors (Lipinski definition) is 1. The van der Waals surface area contributed by atoms with Gasteiger partial charge in [0.2, 0.25) is 0 Å². The lowest BCUT2D eigenvalue weighted by Crippen LogP contribution is -2.52. The highest BCUT2D eigenvalue weighted by Crippen LogP contribution is 2.29. The second-order valence-corrected chi connectivity index (χ2v) is 7.58. The number of rotatable bonds is 4. The van der Waals surface area contributed by atoms with E-state index in [-0.39, 0.29) is 6.03 Å². The maximum Gasteiger partial charge on any atom is 0.317 e. The Hall–Kier alpha value is -1.46. The van der Waals surface area contributed by atoms with E-state index in [1.54, 1.807) is 0 Å². The summed E-state index contributed by atoms with van der Waals surface area (Å²) in [7, 11) is 0. The van der Waals surface area contributed by atoms with Crippen molar-refractivity contribution in [3.05, 3.63) is 28.8 Å². The number of anilines is 1. The van der Waals surface area contributed by atoms with Gasteiger partial charge in [0.25, 0.3) is 0 Å². The summed E-state index contributed by atoms with van der Waals surface area (Å²) in [5.74, 6) is 0.499. The van der Waals surface area contributed by atoms with Crippen molar-refractivity contribution in [2.24, 2.45) is 5.92 Å². The van der Waals surface area contributed by atoms with Crippen LogP contribution in [0.15, 0.2) is 18.2 Å². The molecule has 0 aliphatic carbocycles. The molecule has 2 amide bonds. The van der Waals surface area contributed by atoms with E-state index < -0.39 is 0 Å². The van der Waals surface area contributed by atoms with Crippen molar-refractivity contribution in [1.29, 1.82) is 0 Å². The van der Waals surface area contributed by atoms with Crippen LogP contribution < -0.4 is 10.2 Å². The zero-order valence-corrected chi connectivity index (χ0v) is 16.1. The van der Waals surface area contributed by atoms with E-state index in [1.165, 1.54) is 11.3 Å². The first-order chi connectivity index (χ1) is 12.1. The van der Waals surface area contributed by atoms with Gasteiger partial charge in [-0.3, -0.25) is 0 Å². The Morgan fingerprint density at radius 1 is 1.24 bits per heavy atom. The van der Waals surface area contributed by atoms with Crippen molar-refractivity contribution in [2.45, 2.75) is 20.3 Å². The van der Waals surface area contributed by atoms with Crippen LogP contribution >= 0.6 is 11.6 Å². The van der Waals surface area contributed by atoms with Gasteiger partial charge in [0.1, 0.15) is 0 Å². The minimum Gasteiger partial charge on any atom is -0.371 e. The molecule has 1 aromatic rings. The molecule has 0 radical (unpaired) electrons. The summed E-state index contributed by atoms with van der Waals surface area (Å²) in [6.45, 7) is 11.7. The number of likely N-dealkylation sites (N-methyl/N-ethyl adjacent to an activating group) is 1. The molecule has 0 bridgehead atoms. The SMILES string of the molecule is CCN1CCN(C(=O)NCC2CCN(c3cc(Cl)ccc3C)C2)CC1. The summed E-state index contributed by atoms with van der Waals surface area (Å²) < 4.78 is 0. The van der Waals surface area contributed by atoms with Crippen LogP contribution in [0.5, 0.6) is 0 Å². The molecule has 0 saturated carbocycles. The number of halogens is 1. The number of carbonyl (C=O) groups excluding carboxylic acids is 1. The topological polar surface area (TPSA) is 38.8 Å². The van der Waals surface area contributed by atoms with E-state index in [0.29, 0.717) is 5.92 Å². The largest absolute Gasteiger partial charge is 0.371 e. The minimum absolute atomic E-state index is 0.0909. The second kappa shape index (κ2) is 8.28. The number of nitrogens with zero attached hydrogens (tertiary/aromatic N) is 3. The zero-order chi connectivity index (χ0) is 17.8. The van der Waals surface area contributed by atoms with E-state index >= 15 is 0 Å². The maximum atomic E-state index is 12.4. The fourth-order valence-electron chi connectivity index (χ4n) is 3.75. The average molecular weight is 365 g/mol. The summed E-state index contributed by atoms with van der Waals surface area (Å²) in [6, 6.07) is 6.15. The van der Waals surface area contributed by atoms with Crippen LogP contribution in [0.2, 0.25) is 5.02 Å². The summed E-state index contributed by atoms with van der Waals surface area (Å²) in [5, 5.41) is 3.92. The first-order valence-corrected chi connectivity index (χ1v) is 9.71. The molecule has 25 heavy (non-hydrogen) atoms. The van der Waals surface area contributed by atoms with E-state index in [2.05, 4.69) is 35.0 Å². The lowest BCUT2D eigenvalue weighted by Gasteiger charge is -2.34. The number of benzene rings is 1. The van der Waals surface area contributed by atoms with Crippen LogP contribution in [0.3, 0.4) is 0 Å². The van der Waals surface area contributed by atoms with Crippen LogP contribution in [-0.4, -0.2) is 68.2 Å². The highest BCUT2D eigenvalue weighted by Gasteiger charge is 2.26. The van der Waals surface area contributed by atoms with Gasteiger partial charge in [-0.1, -0.05) is 24.6 Å². The van der Waals surface area contributed by atoms with Crippen LogP contribution in [0.4, 0.5) is 10.5 Å². The second-order valence-electron chi connectivity index (χ2n) is 7.14. The van der Waals surface area contributed by atoms with Crippen LogP contribution in [0.1, 0.15) is 18.9 Å². The lowest BCUT2D eigenvalue weighted by atomic mass is 10.1. The standard InChI is InChI=1S/C19H29ClN4O/c1-3-22-8-10-23(11-9-22)19(25)21-13-16-6-7-24(14-16)18-12-17(20)5-4-15(18)2/h4-5,12,16H,3,6-11,13-14H2,1-2H3,(H,21,25). The van der Waals surface area contributed by atoms with Crippen LogP contribution in [-0.2, 0) is 0 Å². The number of urea groups is 1. The molecule has 2 aliphatic rings. The minimum atomic E-state index is 0.0909. The van der Waals surface area contributed by atoms with Crippen molar-refractivity contribution in [2.75, 3.05) is 57.3 Å². The van der Waals surface area contributed by atoms with Gasteiger partial charge in [-0.15, -0.1) is 0 Å². The van der Waals surface area contributed by atoms with Gasteiger partial charge in [-0.05, 0) is 43.5 Å². The van der Waals surface area contributed by atoms with E-state index in [1.807, 2.05) is 17.0 Å². The normalized spacial score (nSPS) is 21.6. The summed E-state index contributed by atoms with van der Waals surface area (Å²) in [6.07, 6.45) is 1.11. The van der Waals surface area contributed by atoms with Crippen LogP contribution in [0, 0.1) is 12.8 Å². The molecule has 2 fully saturated rings. The molecule has 2 aliphatic heterocycles. The molecule has 1 aromatic carbocycles. The number of piperazine rings is 1. The van der Waals surface area contributed by atoms with E-state index in [0.717, 1.165) is 63.8 Å². The summed E-state index contributed by atoms with van der Waals surface area (Å²) >= 11 is 6.15. The van der Waals surface area contributed by atoms with Gasteiger partial charge < -0.3 is 20.0 Å². The molecule has 0 aromatic heterocycles. The maximum absolute atomic E-state index is 12.4. The molecule has 6 heteroatoms. The molecular weight excluding hydrogens is 336 g/mol. The van der Waals surface area contributed by atoms with Crippen molar-refractivity contribution in [3.8, 4) is 0 Å². The van der Waals surface area contributed by atoms with Crippen LogP contribution in [0.25, 0.3) is 0 Å². The van der Waals surface area contributed by atoms with Gasteiger partial charge in [-0.2, -0.15) is 0 Å². The number of amides is 2. The third-order valence-corrected chi connectivity index (χ3v) is 5.68. The highest BCUT2D eigenvalue weighted by atomic mass is 35.5. The first-order valence-electron chi connectivity index (χ1n) is 9.33. The van der Waals surface area contributed by atoms with Crippen molar-refractivity contribution >= 4 is 23.3 Å². The van der Waals surface area contributed by atoms with Crippen molar-refractivity contribution in [3.63, 3.8) is 0 Å². The predicted molar refractivity (Wildman–Crippen MR) is 104 cm³/mol. The monoisotopic (exact) mass is 364 g/mol. The molecule has 1 atom stereocenters. The molecule has 0 spiro atoms. The molecular formula is C19H29ClN4O. The van der Waals surface area contributed by atoms with E-state index in [9.17, 15) is 4.79 Å². The Bertz CT molecular complexity index is 601. The van der Waals surface area contributed by atoms with Gasteiger partial charge >= 0.3 is 6.03 Å². The number of carbonyl (C=O) groups is 1. The summed E-state index contributed by atoms with van der Waals surface area (Å²) in [4.78, 5) is 19.1. The smallest absolute Gasteiger partial charge is 0.317 e.